The van der Waals surface area contributed by atoms with Crippen LogP contribution < -0.4 is 12.4 Å². The van der Waals surface area contributed by atoms with E-state index in [0.717, 1.165) is 0 Å². The molecule has 0 aromatic heterocycles. The Hall–Kier alpha value is -0.840. The number of hydrogen-bond donors (Lipinski definition) is 0. The summed E-state index contributed by atoms with van der Waals surface area (Å²) in [6.07, 6.45) is 13.8. The van der Waals surface area contributed by atoms with Crippen LogP contribution in [-0.2, 0) is 12.3 Å². The molecular formula is C24H36ClP. The minimum Gasteiger partial charge on any atom is -1.00 e. The van der Waals surface area contributed by atoms with Gasteiger partial charge in [0.2, 0.25) is 0 Å². The number of halogens is 1. The zero-order valence-electron chi connectivity index (χ0n) is 16.7. The molecule has 0 nitrogen and oxygen atoms in total. The van der Waals surface area contributed by atoms with Crippen molar-refractivity contribution in [3.8, 4) is 0 Å². The van der Waals surface area contributed by atoms with Gasteiger partial charge in [0.15, 0.2) is 0 Å². The fourth-order valence-corrected chi connectivity index (χ4v) is 8.55. The number of hydrogen-bond acceptors (Lipinski definition) is 0. The molecule has 2 aromatic carbocycles. The summed E-state index contributed by atoms with van der Waals surface area (Å²) in [6, 6.07) is 22.5. The van der Waals surface area contributed by atoms with E-state index in [4.69, 9.17) is 0 Å². The molecule has 0 bridgehead atoms. The largest absolute Gasteiger partial charge is 1.00 e. The maximum Gasteiger partial charge on any atom is 0.0846 e. The van der Waals surface area contributed by atoms with E-state index in [0.29, 0.717) is 0 Å². The van der Waals surface area contributed by atoms with Gasteiger partial charge in [-0.25, -0.2) is 0 Å². The lowest BCUT2D eigenvalue weighted by Crippen LogP contribution is -3.00. The van der Waals surface area contributed by atoms with E-state index < -0.39 is 7.26 Å². The summed E-state index contributed by atoms with van der Waals surface area (Å²) in [6.45, 7) is 4.65. The van der Waals surface area contributed by atoms with Gasteiger partial charge in [-0.05, 0) is 24.0 Å². The van der Waals surface area contributed by atoms with Crippen molar-refractivity contribution in [2.24, 2.45) is 0 Å². The van der Waals surface area contributed by atoms with Crippen molar-refractivity contribution in [1.29, 1.82) is 0 Å². The molecule has 0 fully saturated rings. The van der Waals surface area contributed by atoms with Gasteiger partial charge in [-0.2, -0.15) is 0 Å². The molecule has 0 saturated carbocycles. The first-order valence-corrected chi connectivity index (χ1v) is 12.7. The summed E-state index contributed by atoms with van der Waals surface area (Å²) >= 11 is 0. The zero-order chi connectivity index (χ0) is 17.8. The van der Waals surface area contributed by atoms with Crippen molar-refractivity contribution < 1.29 is 12.4 Å². The average Bonchev–Trinajstić information content (AvgIpc) is 2.64. The standard InChI is InChI=1S/C24H36P.ClH/c1-3-5-13-19-25(20-14-6-4-2,21-23-15-9-7-10-16-23)22-24-17-11-8-12-18-24;/h7-12,15-18H,3-6,13-14,19-22H2,1-2H3;1H/q+1;/p-1. The monoisotopic (exact) mass is 390 g/mol. The van der Waals surface area contributed by atoms with Crippen LogP contribution >= 0.6 is 7.26 Å². The lowest BCUT2D eigenvalue weighted by Gasteiger charge is -2.28. The van der Waals surface area contributed by atoms with Crippen LogP contribution in [0.25, 0.3) is 0 Å². The molecule has 0 amide bonds. The van der Waals surface area contributed by atoms with E-state index in [-0.39, 0.29) is 12.4 Å². The van der Waals surface area contributed by atoms with Gasteiger partial charge < -0.3 is 12.4 Å². The lowest BCUT2D eigenvalue weighted by atomic mass is 10.2. The van der Waals surface area contributed by atoms with Crippen LogP contribution in [0.4, 0.5) is 0 Å². The maximum absolute atomic E-state index is 2.35. The Bertz CT molecular complexity index is 514. The minimum atomic E-state index is -0.999. The van der Waals surface area contributed by atoms with Crippen LogP contribution in [0.15, 0.2) is 60.7 Å². The molecule has 0 unspecified atom stereocenters. The number of rotatable bonds is 12. The van der Waals surface area contributed by atoms with Crippen LogP contribution in [0.5, 0.6) is 0 Å². The fourth-order valence-electron chi connectivity index (χ4n) is 3.82. The Balaban J connectivity index is 0.00000338. The smallest absolute Gasteiger partial charge is 0.0846 e. The third-order valence-electron chi connectivity index (χ3n) is 5.19. The first-order valence-electron chi connectivity index (χ1n) is 10.2. The van der Waals surface area contributed by atoms with Crippen molar-refractivity contribution in [3.63, 3.8) is 0 Å². The first-order chi connectivity index (χ1) is 12.3. The van der Waals surface area contributed by atoms with Crippen molar-refractivity contribution in [2.45, 2.75) is 64.7 Å². The Labute approximate surface area is 168 Å². The highest BCUT2D eigenvalue weighted by atomic mass is 35.5. The van der Waals surface area contributed by atoms with Gasteiger partial charge in [-0.3, -0.25) is 0 Å². The third kappa shape index (κ3) is 8.24. The fraction of sp³-hybridized carbons (Fsp3) is 0.500. The number of unbranched alkanes of at least 4 members (excludes halogenated alkanes) is 4. The molecule has 0 atom stereocenters. The van der Waals surface area contributed by atoms with E-state index in [2.05, 4.69) is 74.5 Å². The Morgan fingerprint density at radius 2 is 0.962 bits per heavy atom. The molecule has 0 radical (unpaired) electrons. The van der Waals surface area contributed by atoms with Gasteiger partial charge >= 0.3 is 0 Å². The van der Waals surface area contributed by atoms with Gasteiger partial charge in [-0.1, -0.05) is 100 Å². The van der Waals surface area contributed by atoms with Crippen molar-refractivity contribution in [3.05, 3.63) is 71.8 Å². The average molecular weight is 391 g/mol. The van der Waals surface area contributed by atoms with Crippen molar-refractivity contribution in [2.75, 3.05) is 12.3 Å². The molecule has 0 N–H and O–H groups in total. The highest BCUT2D eigenvalue weighted by molar-refractivity contribution is 7.74. The van der Waals surface area contributed by atoms with Crippen LogP contribution in [0.1, 0.15) is 63.5 Å². The molecule has 0 aliphatic heterocycles. The second-order valence-electron chi connectivity index (χ2n) is 7.49. The summed E-state index contributed by atoms with van der Waals surface area (Å²) in [4.78, 5) is 0. The Kier molecular flexibility index (Phi) is 11.9. The highest BCUT2D eigenvalue weighted by Crippen LogP contribution is 2.65. The highest BCUT2D eigenvalue weighted by Gasteiger charge is 2.36. The number of benzene rings is 2. The lowest BCUT2D eigenvalue weighted by molar-refractivity contribution is -0.00000547. The Morgan fingerprint density at radius 3 is 1.31 bits per heavy atom. The normalized spacial score (nSPS) is 11.2. The van der Waals surface area contributed by atoms with Gasteiger partial charge in [-0.15, -0.1) is 0 Å². The molecule has 144 valence electrons. The summed E-state index contributed by atoms with van der Waals surface area (Å²) in [7, 11) is -0.999. The second-order valence-corrected chi connectivity index (χ2v) is 11.7. The predicted octanol–water partition coefficient (Wildman–Crippen LogP) is 4.79. The molecule has 0 saturated heterocycles. The van der Waals surface area contributed by atoms with Gasteiger partial charge in [0.1, 0.15) is 0 Å². The van der Waals surface area contributed by atoms with Crippen LogP contribution in [0.3, 0.4) is 0 Å². The maximum atomic E-state index is 2.35. The summed E-state index contributed by atoms with van der Waals surface area (Å²) in [5.41, 5.74) is 3.11. The topological polar surface area (TPSA) is 0 Å². The summed E-state index contributed by atoms with van der Waals surface area (Å²) in [5.74, 6) is 0. The first kappa shape index (κ1) is 23.2. The van der Waals surface area contributed by atoms with Crippen LogP contribution in [0.2, 0.25) is 0 Å². The molecule has 2 heteroatoms. The molecule has 0 aliphatic rings. The van der Waals surface area contributed by atoms with E-state index in [1.807, 2.05) is 0 Å². The van der Waals surface area contributed by atoms with Gasteiger partial charge in [0.05, 0.1) is 24.6 Å². The molecular weight excluding hydrogens is 355 g/mol. The van der Waals surface area contributed by atoms with Gasteiger partial charge in [0.25, 0.3) is 0 Å². The minimum absolute atomic E-state index is 0. The molecule has 0 spiro atoms. The Morgan fingerprint density at radius 1 is 0.577 bits per heavy atom. The van der Waals surface area contributed by atoms with Crippen molar-refractivity contribution >= 4 is 7.26 Å². The molecule has 2 rings (SSSR count). The van der Waals surface area contributed by atoms with E-state index >= 15 is 0 Å². The molecule has 0 heterocycles. The van der Waals surface area contributed by atoms with Gasteiger partial charge in [0, 0.05) is 7.26 Å². The predicted molar refractivity (Wildman–Crippen MR) is 116 cm³/mol. The molecule has 2 aromatic rings. The van der Waals surface area contributed by atoms with E-state index in [1.165, 1.54) is 63.2 Å². The van der Waals surface area contributed by atoms with E-state index in [1.54, 1.807) is 11.1 Å². The molecule has 26 heavy (non-hydrogen) atoms. The third-order valence-corrected chi connectivity index (χ3v) is 9.80. The van der Waals surface area contributed by atoms with Crippen molar-refractivity contribution in [1.82, 2.24) is 0 Å². The summed E-state index contributed by atoms with van der Waals surface area (Å²) in [5, 5.41) is 0. The quantitative estimate of drug-likeness (QED) is 0.361. The van der Waals surface area contributed by atoms with Crippen LogP contribution in [-0.4, -0.2) is 12.3 Å². The molecule has 0 aliphatic carbocycles. The van der Waals surface area contributed by atoms with E-state index in [9.17, 15) is 0 Å². The second kappa shape index (κ2) is 13.3. The van der Waals surface area contributed by atoms with Crippen LogP contribution in [0, 0.1) is 0 Å². The zero-order valence-corrected chi connectivity index (χ0v) is 18.3. The SMILES string of the molecule is CCCCC[P+](CCCCC)(Cc1ccccc1)Cc1ccccc1.[Cl-]. The summed E-state index contributed by atoms with van der Waals surface area (Å²) < 4.78 is 0.